The molecule has 0 bridgehead atoms. The molecule has 0 fully saturated rings. The van der Waals surface area contributed by atoms with Crippen LogP contribution in [0.15, 0.2) is 71.6 Å². The fraction of sp³-hybridized carbons (Fsp3) is 0.174. The summed E-state index contributed by atoms with van der Waals surface area (Å²) in [5.74, 6) is -0.620. The fourth-order valence-corrected chi connectivity index (χ4v) is 4.79. The van der Waals surface area contributed by atoms with Crippen molar-refractivity contribution in [3.8, 4) is 0 Å². The average molecular weight is 579 g/mol. The van der Waals surface area contributed by atoms with E-state index in [1.807, 2.05) is 6.07 Å². The van der Waals surface area contributed by atoms with Crippen molar-refractivity contribution in [2.24, 2.45) is 0 Å². The third-order valence-electron chi connectivity index (χ3n) is 5.12. The van der Waals surface area contributed by atoms with E-state index in [2.05, 4.69) is 32.6 Å². The summed E-state index contributed by atoms with van der Waals surface area (Å²) in [6.07, 6.45) is 0.100. The number of benzene rings is 3. The summed E-state index contributed by atoms with van der Waals surface area (Å²) in [6.45, 7) is 3.34. The smallest absolute Gasteiger partial charge is 0.274 e. The van der Waals surface area contributed by atoms with Gasteiger partial charge in [0.1, 0.15) is 6.04 Å². The fourth-order valence-electron chi connectivity index (χ4n) is 3.24. The Morgan fingerprint density at radius 3 is 2.30 bits per heavy atom. The lowest BCUT2D eigenvalue weighted by Crippen LogP contribution is -2.45. The molecule has 0 spiro atoms. The lowest BCUT2D eigenvalue weighted by atomic mass is 10.0. The van der Waals surface area contributed by atoms with E-state index in [4.69, 9.17) is 0 Å². The minimum absolute atomic E-state index is 0.0376. The molecule has 0 aliphatic heterocycles. The van der Waals surface area contributed by atoms with Crippen LogP contribution in [0.2, 0.25) is 0 Å². The van der Waals surface area contributed by atoms with Gasteiger partial charge in [-0.05, 0) is 84.3 Å². The minimum Gasteiger partial charge on any atom is -0.324 e. The monoisotopic (exact) mass is 579 g/mol. The number of halogens is 1. The van der Waals surface area contributed by atoms with Crippen LogP contribution < -0.4 is 10.0 Å². The predicted molar refractivity (Wildman–Crippen MR) is 135 cm³/mol. The van der Waals surface area contributed by atoms with Crippen molar-refractivity contribution in [1.82, 2.24) is 4.72 Å². The van der Waals surface area contributed by atoms with Gasteiger partial charge in [-0.2, -0.15) is 4.72 Å². The number of hydrogen-bond donors (Lipinski definition) is 2. The van der Waals surface area contributed by atoms with Gasteiger partial charge >= 0.3 is 0 Å². The van der Waals surface area contributed by atoms with E-state index in [0.29, 0.717) is 11.1 Å². The normalized spacial score (nSPS) is 12.2. The Hall–Kier alpha value is -2.83. The molecule has 1 amide bonds. The van der Waals surface area contributed by atoms with Gasteiger partial charge in [0.15, 0.2) is 0 Å². The topological polar surface area (TPSA) is 118 Å². The molecule has 3 aromatic rings. The average Bonchev–Trinajstić information content (AvgIpc) is 2.76. The first-order chi connectivity index (χ1) is 15.6. The number of amides is 1. The van der Waals surface area contributed by atoms with Crippen molar-refractivity contribution in [1.29, 1.82) is 0 Å². The molecule has 0 saturated carbocycles. The summed E-state index contributed by atoms with van der Waals surface area (Å²) in [5.41, 5.74) is 2.00. The van der Waals surface area contributed by atoms with Crippen molar-refractivity contribution in [3.05, 3.63) is 97.1 Å². The van der Waals surface area contributed by atoms with Crippen LogP contribution in [-0.4, -0.2) is 25.3 Å². The maximum Gasteiger partial charge on any atom is 0.274 e. The van der Waals surface area contributed by atoms with Crippen LogP contribution in [0.5, 0.6) is 0 Å². The SMILES string of the molecule is Cc1cc(NC(=O)[C@H](Cc2ccccc2)NS(=O)(=O)c2ccc(I)cc2)cc([N+](=O)[O-])c1C. The number of carbonyl (C=O) groups excluding carboxylic acids is 1. The molecule has 0 aliphatic carbocycles. The quantitative estimate of drug-likeness (QED) is 0.234. The first-order valence-electron chi connectivity index (χ1n) is 9.95. The Morgan fingerprint density at radius 2 is 1.70 bits per heavy atom. The van der Waals surface area contributed by atoms with Gasteiger partial charge in [0.2, 0.25) is 15.9 Å². The number of anilines is 1. The molecule has 8 nitrogen and oxygen atoms in total. The van der Waals surface area contributed by atoms with Crippen LogP contribution in [0, 0.1) is 27.5 Å². The second kappa shape index (κ2) is 10.4. The highest BCUT2D eigenvalue weighted by molar-refractivity contribution is 14.1. The first kappa shape index (κ1) is 24.8. The second-order valence-corrected chi connectivity index (χ2v) is 10.5. The maximum atomic E-state index is 13.1. The number of aryl methyl sites for hydroxylation is 1. The van der Waals surface area contributed by atoms with E-state index in [-0.39, 0.29) is 22.7 Å². The summed E-state index contributed by atoms with van der Waals surface area (Å²) in [7, 11) is -3.99. The summed E-state index contributed by atoms with van der Waals surface area (Å²) in [5, 5.41) is 14.0. The van der Waals surface area contributed by atoms with Crippen molar-refractivity contribution in [2.75, 3.05) is 5.32 Å². The van der Waals surface area contributed by atoms with Crippen LogP contribution in [0.3, 0.4) is 0 Å². The molecule has 0 radical (unpaired) electrons. The van der Waals surface area contributed by atoms with Gasteiger partial charge in [0.05, 0.1) is 9.82 Å². The number of nitrogens with zero attached hydrogens (tertiary/aromatic N) is 1. The third-order valence-corrected chi connectivity index (χ3v) is 7.33. The number of carbonyl (C=O) groups is 1. The molecule has 0 unspecified atom stereocenters. The molecule has 0 aliphatic rings. The molecule has 0 aromatic heterocycles. The zero-order chi connectivity index (χ0) is 24.2. The van der Waals surface area contributed by atoms with Gasteiger partial charge in [0.25, 0.3) is 5.69 Å². The Kier molecular flexibility index (Phi) is 7.82. The van der Waals surface area contributed by atoms with Crippen LogP contribution >= 0.6 is 22.6 Å². The number of rotatable bonds is 8. The first-order valence-corrected chi connectivity index (χ1v) is 12.5. The summed E-state index contributed by atoms with van der Waals surface area (Å²) < 4.78 is 29.3. The molecule has 0 heterocycles. The van der Waals surface area contributed by atoms with Crippen LogP contribution in [0.25, 0.3) is 0 Å². The van der Waals surface area contributed by atoms with Gasteiger partial charge in [0, 0.05) is 20.9 Å². The second-order valence-electron chi connectivity index (χ2n) is 7.50. The zero-order valence-corrected chi connectivity index (χ0v) is 20.9. The van der Waals surface area contributed by atoms with E-state index in [1.165, 1.54) is 18.2 Å². The molecule has 3 rings (SSSR count). The molecule has 0 saturated heterocycles. The predicted octanol–water partition coefficient (Wildman–Crippen LogP) is 4.34. The molecule has 2 N–H and O–H groups in total. The van der Waals surface area contributed by atoms with Gasteiger partial charge in [-0.1, -0.05) is 30.3 Å². The van der Waals surface area contributed by atoms with Crippen LogP contribution in [-0.2, 0) is 21.2 Å². The summed E-state index contributed by atoms with van der Waals surface area (Å²) >= 11 is 2.07. The summed E-state index contributed by atoms with van der Waals surface area (Å²) in [4.78, 5) is 24.0. The van der Waals surface area contributed by atoms with Gasteiger partial charge < -0.3 is 5.32 Å². The molecule has 33 heavy (non-hydrogen) atoms. The number of nitro groups is 1. The third kappa shape index (κ3) is 6.36. The Bertz CT molecular complexity index is 1280. The lowest BCUT2D eigenvalue weighted by molar-refractivity contribution is -0.385. The van der Waals surface area contributed by atoms with Crippen LogP contribution in [0.1, 0.15) is 16.7 Å². The number of nitro benzene ring substituents is 1. The molecular weight excluding hydrogens is 557 g/mol. The zero-order valence-electron chi connectivity index (χ0n) is 17.9. The van der Waals surface area contributed by atoms with E-state index >= 15 is 0 Å². The maximum absolute atomic E-state index is 13.1. The summed E-state index contributed by atoms with van der Waals surface area (Å²) in [6, 6.07) is 17.0. The van der Waals surface area contributed by atoms with Gasteiger partial charge in [-0.25, -0.2) is 8.42 Å². The van der Waals surface area contributed by atoms with E-state index < -0.39 is 26.9 Å². The van der Waals surface area contributed by atoms with E-state index in [1.54, 1.807) is 56.3 Å². The molecule has 1 atom stereocenters. The number of nitrogens with one attached hydrogen (secondary N) is 2. The largest absolute Gasteiger partial charge is 0.324 e. The van der Waals surface area contributed by atoms with Crippen LogP contribution in [0.4, 0.5) is 11.4 Å². The minimum atomic E-state index is -3.99. The molecule has 172 valence electrons. The van der Waals surface area contributed by atoms with Crippen molar-refractivity contribution in [2.45, 2.75) is 31.2 Å². The van der Waals surface area contributed by atoms with Gasteiger partial charge in [-0.3, -0.25) is 14.9 Å². The molecule has 3 aromatic carbocycles. The van der Waals surface area contributed by atoms with Crippen molar-refractivity contribution in [3.63, 3.8) is 0 Å². The van der Waals surface area contributed by atoms with Crippen molar-refractivity contribution >= 4 is 49.9 Å². The number of hydrogen-bond acceptors (Lipinski definition) is 5. The Balaban J connectivity index is 1.91. The molecule has 10 heteroatoms. The van der Waals surface area contributed by atoms with E-state index in [0.717, 1.165) is 9.13 Å². The highest BCUT2D eigenvalue weighted by Gasteiger charge is 2.27. The standard InChI is InChI=1S/C23H22IN3O5S/c1-15-12-19(14-22(16(15)2)27(29)30)25-23(28)21(13-17-6-4-3-5-7-17)26-33(31,32)20-10-8-18(24)9-11-20/h3-12,14,21,26H,13H2,1-2H3,(H,25,28)/t21-/m0/s1. The lowest BCUT2D eigenvalue weighted by Gasteiger charge is -2.19. The Labute approximate surface area is 205 Å². The Morgan fingerprint density at radius 1 is 1.06 bits per heavy atom. The van der Waals surface area contributed by atoms with Crippen molar-refractivity contribution < 1.29 is 18.1 Å². The highest BCUT2D eigenvalue weighted by Crippen LogP contribution is 2.26. The number of sulfonamides is 1. The van der Waals surface area contributed by atoms with E-state index in [9.17, 15) is 23.3 Å². The molecular formula is C23H22IN3O5S. The highest BCUT2D eigenvalue weighted by atomic mass is 127. The van der Waals surface area contributed by atoms with Gasteiger partial charge in [-0.15, -0.1) is 0 Å².